The third kappa shape index (κ3) is 4.56. The average molecular weight is 414 g/mol. The Kier molecular flexibility index (Phi) is 5.76. The molecular formula is C21H21ClFN5O. The summed E-state index contributed by atoms with van der Waals surface area (Å²) < 4.78 is 13.2. The van der Waals surface area contributed by atoms with Crippen molar-refractivity contribution in [2.75, 3.05) is 24.5 Å². The molecule has 3 aromatic rings. The molecule has 150 valence electrons. The number of benzene rings is 1. The van der Waals surface area contributed by atoms with Gasteiger partial charge in [0.2, 0.25) is 0 Å². The van der Waals surface area contributed by atoms with Gasteiger partial charge in [-0.25, -0.2) is 4.39 Å². The molecule has 1 fully saturated rings. The second kappa shape index (κ2) is 8.61. The number of piperidine rings is 1. The van der Waals surface area contributed by atoms with E-state index in [9.17, 15) is 9.18 Å². The Morgan fingerprint density at radius 2 is 1.97 bits per heavy atom. The van der Waals surface area contributed by atoms with Gasteiger partial charge in [0.15, 0.2) is 5.82 Å². The minimum Gasteiger partial charge on any atom is -0.355 e. The summed E-state index contributed by atoms with van der Waals surface area (Å²) in [4.78, 5) is 18.5. The van der Waals surface area contributed by atoms with Crippen LogP contribution < -0.4 is 10.2 Å². The molecule has 1 aromatic carbocycles. The molecule has 0 bridgehead atoms. The molecule has 0 aliphatic carbocycles. The monoisotopic (exact) mass is 413 g/mol. The quantitative estimate of drug-likeness (QED) is 0.665. The number of rotatable bonds is 5. The van der Waals surface area contributed by atoms with Crippen LogP contribution in [0.15, 0.2) is 48.8 Å². The van der Waals surface area contributed by atoms with Gasteiger partial charge < -0.3 is 10.2 Å². The molecule has 1 aliphatic heterocycles. The SMILES string of the molecule is O=C(NCC1CCN(c2cc(-c3ccncc3)[nH]n2)CC1)c1ccc(F)c(Cl)c1. The van der Waals surface area contributed by atoms with Crippen LogP contribution in [0, 0.1) is 11.7 Å². The lowest BCUT2D eigenvalue weighted by Crippen LogP contribution is -2.38. The third-order valence-corrected chi connectivity index (χ3v) is 5.52. The molecule has 1 amide bonds. The number of H-pyrrole nitrogens is 1. The van der Waals surface area contributed by atoms with Crippen molar-refractivity contribution in [1.82, 2.24) is 20.5 Å². The van der Waals surface area contributed by atoms with Gasteiger partial charge in [0.05, 0.1) is 10.7 Å². The van der Waals surface area contributed by atoms with E-state index in [1.807, 2.05) is 12.1 Å². The Bertz CT molecular complexity index is 986. The summed E-state index contributed by atoms with van der Waals surface area (Å²) >= 11 is 5.75. The van der Waals surface area contributed by atoms with Gasteiger partial charge in [-0.05, 0) is 49.1 Å². The largest absolute Gasteiger partial charge is 0.355 e. The number of nitrogens with one attached hydrogen (secondary N) is 2. The van der Waals surface area contributed by atoms with E-state index in [0.29, 0.717) is 18.0 Å². The van der Waals surface area contributed by atoms with Gasteiger partial charge in [-0.3, -0.25) is 14.9 Å². The zero-order valence-corrected chi connectivity index (χ0v) is 16.5. The Morgan fingerprint density at radius 1 is 1.21 bits per heavy atom. The predicted molar refractivity (Wildman–Crippen MR) is 110 cm³/mol. The van der Waals surface area contributed by atoms with Crippen LogP contribution >= 0.6 is 11.6 Å². The summed E-state index contributed by atoms with van der Waals surface area (Å²) in [6.45, 7) is 2.34. The molecule has 8 heteroatoms. The van der Waals surface area contributed by atoms with Gasteiger partial charge in [-0.15, -0.1) is 0 Å². The maximum atomic E-state index is 13.2. The minimum absolute atomic E-state index is 0.0453. The van der Waals surface area contributed by atoms with Crippen molar-refractivity contribution in [3.8, 4) is 11.3 Å². The lowest BCUT2D eigenvalue weighted by atomic mass is 9.96. The summed E-state index contributed by atoms with van der Waals surface area (Å²) in [6, 6.07) is 9.94. The molecule has 2 N–H and O–H groups in total. The van der Waals surface area contributed by atoms with Crippen molar-refractivity contribution in [3.63, 3.8) is 0 Å². The van der Waals surface area contributed by atoms with Crippen LogP contribution in [0.2, 0.25) is 5.02 Å². The number of carbonyl (C=O) groups is 1. The molecule has 0 radical (unpaired) electrons. The van der Waals surface area contributed by atoms with Crippen LogP contribution in [0.25, 0.3) is 11.3 Å². The van der Waals surface area contributed by atoms with E-state index >= 15 is 0 Å². The van der Waals surface area contributed by atoms with E-state index in [4.69, 9.17) is 11.6 Å². The lowest BCUT2D eigenvalue weighted by Gasteiger charge is -2.32. The van der Waals surface area contributed by atoms with Crippen molar-refractivity contribution in [2.45, 2.75) is 12.8 Å². The highest BCUT2D eigenvalue weighted by Crippen LogP contribution is 2.25. The van der Waals surface area contributed by atoms with E-state index in [1.165, 1.54) is 18.2 Å². The first kappa shape index (κ1) is 19.4. The molecule has 2 aromatic heterocycles. The first-order valence-electron chi connectivity index (χ1n) is 9.54. The highest BCUT2D eigenvalue weighted by molar-refractivity contribution is 6.31. The van der Waals surface area contributed by atoms with Crippen molar-refractivity contribution < 1.29 is 9.18 Å². The number of aromatic amines is 1. The smallest absolute Gasteiger partial charge is 0.251 e. The maximum absolute atomic E-state index is 13.2. The van der Waals surface area contributed by atoms with Gasteiger partial charge in [0, 0.05) is 49.2 Å². The molecule has 3 heterocycles. The first-order valence-corrected chi connectivity index (χ1v) is 9.92. The number of nitrogens with zero attached hydrogens (tertiary/aromatic N) is 3. The van der Waals surface area contributed by atoms with Crippen molar-refractivity contribution in [1.29, 1.82) is 0 Å². The lowest BCUT2D eigenvalue weighted by molar-refractivity contribution is 0.0945. The Morgan fingerprint density at radius 3 is 2.69 bits per heavy atom. The molecule has 0 unspecified atom stereocenters. The summed E-state index contributed by atoms with van der Waals surface area (Å²) in [5, 5.41) is 10.4. The van der Waals surface area contributed by atoms with Crippen molar-refractivity contribution >= 4 is 23.3 Å². The summed E-state index contributed by atoms with van der Waals surface area (Å²) in [5.41, 5.74) is 2.39. The number of aromatic nitrogens is 3. The van der Waals surface area contributed by atoms with Gasteiger partial charge in [0.25, 0.3) is 5.91 Å². The van der Waals surface area contributed by atoms with Crippen molar-refractivity contribution in [3.05, 3.63) is 65.2 Å². The fourth-order valence-electron chi connectivity index (χ4n) is 3.50. The molecule has 1 aliphatic rings. The van der Waals surface area contributed by atoms with Crippen molar-refractivity contribution in [2.24, 2.45) is 5.92 Å². The fraction of sp³-hybridized carbons (Fsp3) is 0.286. The molecule has 0 saturated carbocycles. The molecule has 29 heavy (non-hydrogen) atoms. The molecule has 0 spiro atoms. The molecule has 0 atom stereocenters. The van der Waals surface area contributed by atoms with Gasteiger partial charge in [-0.2, -0.15) is 5.10 Å². The van der Waals surface area contributed by atoms with E-state index in [2.05, 4.69) is 31.5 Å². The number of hydrogen-bond acceptors (Lipinski definition) is 4. The zero-order valence-electron chi connectivity index (χ0n) is 15.7. The number of hydrogen-bond donors (Lipinski definition) is 2. The number of pyridine rings is 1. The predicted octanol–water partition coefficient (Wildman–Crippen LogP) is 3.91. The van der Waals surface area contributed by atoms with E-state index < -0.39 is 5.82 Å². The number of anilines is 1. The van der Waals surface area contributed by atoms with E-state index in [1.54, 1.807) is 12.4 Å². The van der Waals surface area contributed by atoms with E-state index in [-0.39, 0.29) is 10.9 Å². The van der Waals surface area contributed by atoms with Crippen LogP contribution in [0.4, 0.5) is 10.2 Å². The van der Waals surface area contributed by atoms with Crippen LogP contribution in [-0.4, -0.2) is 40.7 Å². The topological polar surface area (TPSA) is 73.9 Å². The standard InChI is InChI=1S/C21H21ClFN5O/c22-17-11-16(1-2-18(17)23)21(29)25-13-14-5-9-28(10-6-14)20-12-19(26-27-20)15-3-7-24-8-4-15/h1-4,7-8,11-12,14H,5-6,9-10,13H2,(H,25,29)(H,26,27). The van der Waals surface area contributed by atoms with Gasteiger partial charge in [-0.1, -0.05) is 11.6 Å². The minimum atomic E-state index is -0.527. The van der Waals surface area contributed by atoms with Crippen LogP contribution in [0.3, 0.4) is 0 Å². The summed E-state index contributed by atoms with van der Waals surface area (Å²) in [6.07, 6.45) is 5.44. The number of amides is 1. The second-order valence-electron chi connectivity index (χ2n) is 7.15. The van der Waals surface area contributed by atoms with E-state index in [0.717, 1.165) is 43.0 Å². The van der Waals surface area contributed by atoms with Gasteiger partial charge >= 0.3 is 0 Å². The summed E-state index contributed by atoms with van der Waals surface area (Å²) in [7, 11) is 0. The molecule has 4 rings (SSSR count). The third-order valence-electron chi connectivity index (χ3n) is 5.23. The highest BCUT2D eigenvalue weighted by Gasteiger charge is 2.22. The number of halogens is 2. The first-order chi connectivity index (χ1) is 14.1. The van der Waals surface area contributed by atoms with Gasteiger partial charge in [0.1, 0.15) is 5.82 Å². The molecule has 1 saturated heterocycles. The molecule has 6 nitrogen and oxygen atoms in total. The normalized spacial score (nSPS) is 14.8. The summed E-state index contributed by atoms with van der Waals surface area (Å²) in [5.74, 6) is 0.564. The average Bonchev–Trinajstić information content (AvgIpc) is 3.25. The zero-order chi connectivity index (χ0) is 20.2. The highest BCUT2D eigenvalue weighted by atomic mass is 35.5. The van der Waals surface area contributed by atoms with Crippen LogP contribution in [0.5, 0.6) is 0 Å². The van der Waals surface area contributed by atoms with Crippen LogP contribution in [0.1, 0.15) is 23.2 Å². The Hall–Kier alpha value is -2.93. The Balaban J connectivity index is 1.28. The molecular weight excluding hydrogens is 393 g/mol. The van der Waals surface area contributed by atoms with Crippen LogP contribution in [-0.2, 0) is 0 Å². The second-order valence-corrected chi connectivity index (χ2v) is 7.55. The number of carbonyl (C=O) groups excluding carboxylic acids is 1. The maximum Gasteiger partial charge on any atom is 0.251 e. The fourth-order valence-corrected chi connectivity index (χ4v) is 3.68. The Labute approximate surface area is 173 Å².